The van der Waals surface area contributed by atoms with Gasteiger partial charge in [-0.2, -0.15) is 0 Å². The highest BCUT2D eigenvalue weighted by Gasteiger charge is 2.23. The molecule has 0 saturated heterocycles. The number of hydrogen-bond donors (Lipinski definition) is 1. The van der Waals surface area contributed by atoms with Crippen molar-refractivity contribution in [2.24, 2.45) is 5.92 Å². The first-order valence-electron chi connectivity index (χ1n) is 7.41. The van der Waals surface area contributed by atoms with Crippen molar-refractivity contribution >= 4 is 16.8 Å². The third-order valence-electron chi connectivity index (χ3n) is 4.26. The van der Waals surface area contributed by atoms with Crippen LogP contribution in [0.3, 0.4) is 0 Å². The molecule has 3 heteroatoms. The number of carbonyl (C=O) groups is 1. The van der Waals surface area contributed by atoms with Gasteiger partial charge in [0.05, 0.1) is 5.52 Å². The summed E-state index contributed by atoms with van der Waals surface area (Å²) in [5, 5.41) is 4.21. The average Bonchev–Trinajstić information content (AvgIpc) is 2.49. The third-order valence-corrected chi connectivity index (χ3v) is 4.26. The quantitative estimate of drug-likeness (QED) is 0.905. The maximum atomic E-state index is 12.3. The van der Waals surface area contributed by atoms with Gasteiger partial charge in [0.25, 0.3) is 5.91 Å². The zero-order chi connectivity index (χ0) is 13.9. The topological polar surface area (TPSA) is 42.0 Å². The van der Waals surface area contributed by atoms with Gasteiger partial charge in [0.1, 0.15) is 5.69 Å². The molecular formula is C17H20N2O. The van der Waals surface area contributed by atoms with Crippen molar-refractivity contribution in [1.82, 2.24) is 10.3 Å². The molecule has 20 heavy (non-hydrogen) atoms. The second-order valence-electron chi connectivity index (χ2n) is 5.73. The highest BCUT2D eigenvalue weighted by Crippen LogP contribution is 2.24. The van der Waals surface area contributed by atoms with Gasteiger partial charge in [0, 0.05) is 11.4 Å². The molecule has 1 N–H and O–H groups in total. The van der Waals surface area contributed by atoms with Crippen LogP contribution in [0.25, 0.3) is 10.9 Å². The maximum Gasteiger partial charge on any atom is 0.270 e. The second-order valence-corrected chi connectivity index (χ2v) is 5.73. The summed E-state index contributed by atoms with van der Waals surface area (Å²) in [7, 11) is 0. The van der Waals surface area contributed by atoms with Crippen molar-refractivity contribution < 1.29 is 4.79 Å². The number of amides is 1. The van der Waals surface area contributed by atoms with Gasteiger partial charge in [-0.3, -0.25) is 4.79 Å². The summed E-state index contributed by atoms with van der Waals surface area (Å²) in [5.41, 5.74) is 1.39. The highest BCUT2D eigenvalue weighted by molar-refractivity contribution is 5.95. The summed E-state index contributed by atoms with van der Waals surface area (Å²) in [4.78, 5) is 16.8. The van der Waals surface area contributed by atoms with Crippen molar-refractivity contribution in [3.05, 3.63) is 42.1 Å². The van der Waals surface area contributed by atoms with Crippen LogP contribution >= 0.6 is 0 Å². The van der Waals surface area contributed by atoms with E-state index in [0.717, 1.165) is 17.3 Å². The third kappa shape index (κ3) is 2.67. The van der Waals surface area contributed by atoms with Gasteiger partial charge in [-0.05, 0) is 30.9 Å². The fourth-order valence-electron chi connectivity index (χ4n) is 2.97. The summed E-state index contributed by atoms with van der Waals surface area (Å²) in [6, 6.07) is 11.9. The maximum absolute atomic E-state index is 12.3. The normalized spacial score (nSPS) is 22.6. The molecule has 1 fully saturated rings. The van der Waals surface area contributed by atoms with Crippen LogP contribution in [0.4, 0.5) is 0 Å². The number of nitrogens with zero attached hydrogens (tertiary/aromatic N) is 1. The summed E-state index contributed by atoms with van der Waals surface area (Å²) in [6.07, 6.45) is 4.78. The lowest BCUT2D eigenvalue weighted by Gasteiger charge is -2.29. The van der Waals surface area contributed by atoms with Crippen LogP contribution < -0.4 is 5.32 Å². The van der Waals surface area contributed by atoms with Crippen LogP contribution in [0.15, 0.2) is 36.4 Å². The number of fused-ring (bicyclic) bond motifs is 1. The molecule has 1 aliphatic rings. The Morgan fingerprint density at radius 3 is 2.80 bits per heavy atom. The van der Waals surface area contributed by atoms with Crippen LogP contribution in [0.2, 0.25) is 0 Å². The Hall–Kier alpha value is -1.90. The Labute approximate surface area is 119 Å². The molecule has 2 atom stereocenters. The first-order valence-corrected chi connectivity index (χ1v) is 7.41. The van der Waals surface area contributed by atoms with E-state index in [4.69, 9.17) is 0 Å². The molecule has 0 aliphatic heterocycles. The van der Waals surface area contributed by atoms with Gasteiger partial charge in [-0.25, -0.2) is 4.98 Å². The first kappa shape index (κ1) is 13.1. The Balaban J connectivity index is 1.78. The number of carbonyl (C=O) groups excluding carboxylic acids is 1. The fourth-order valence-corrected chi connectivity index (χ4v) is 2.97. The lowest BCUT2D eigenvalue weighted by Crippen LogP contribution is -2.41. The molecule has 0 radical (unpaired) electrons. The van der Waals surface area contributed by atoms with E-state index in [1.165, 1.54) is 19.3 Å². The smallest absolute Gasteiger partial charge is 0.270 e. The molecular weight excluding hydrogens is 248 g/mol. The number of pyridine rings is 1. The van der Waals surface area contributed by atoms with E-state index in [2.05, 4.69) is 17.2 Å². The molecule has 1 aromatic heterocycles. The standard InChI is InChI=1S/C17H20N2O/c1-12-6-2-4-8-14(12)19-17(20)16-11-10-13-7-3-5-9-15(13)18-16/h3,5,7,9-12,14H,2,4,6,8H2,1H3,(H,19,20)/t12-,14-/m1/s1. The molecule has 1 aromatic carbocycles. The number of hydrogen-bond acceptors (Lipinski definition) is 2. The molecule has 3 rings (SSSR count). The summed E-state index contributed by atoms with van der Waals surface area (Å²) in [6.45, 7) is 2.22. The van der Waals surface area contributed by atoms with Crippen LogP contribution in [0.1, 0.15) is 43.1 Å². The summed E-state index contributed by atoms with van der Waals surface area (Å²) in [5.74, 6) is 0.516. The van der Waals surface area contributed by atoms with Gasteiger partial charge in [-0.15, -0.1) is 0 Å². The molecule has 0 bridgehead atoms. The number of aromatic nitrogens is 1. The number of nitrogens with one attached hydrogen (secondary N) is 1. The lowest BCUT2D eigenvalue weighted by molar-refractivity contribution is 0.0905. The molecule has 1 amide bonds. The second kappa shape index (κ2) is 5.61. The molecule has 3 nitrogen and oxygen atoms in total. The molecule has 1 aliphatic carbocycles. The monoisotopic (exact) mass is 268 g/mol. The Kier molecular flexibility index (Phi) is 3.68. The highest BCUT2D eigenvalue weighted by atomic mass is 16.1. The van der Waals surface area contributed by atoms with Crippen molar-refractivity contribution in [3.63, 3.8) is 0 Å². The van der Waals surface area contributed by atoms with Crippen LogP contribution in [-0.2, 0) is 0 Å². The molecule has 1 heterocycles. The largest absolute Gasteiger partial charge is 0.348 e. The summed E-state index contributed by atoms with van der Waals surface area (Å²) < 4.78 is 0. The van der Waals surface area contributed by atoms with E-state index in [1.807, 2.05) is 36.4 Å². The Bertz CT molecular complexity index is 623. The molecule has 1 saturated carbocycles. The van der Waals surface area contributed by atoms with Crippen molar-refractivity contribution in [1.29, 1.82) is 0 Å². The predicted octanol–water partition coefficient (Wildman–Crippen LogP) is 3.54. The van der Waals surface area contributed by atoms with Gasteiger partial charge in [0.15, 0.2) is 0 Å². The Morgan fingerprint density at radius 1 is 1.15 bits per heavy atom. The van der Waals surface area contributed by atoms with Crippen molar-refractivity contribution in [2.75, 3.05) is 0 Å². The molecule has 0 spiro atoms. The summed E-state index contributed by atoms with van der Waals surface area (Å²) >= 11 is 0. The SMILES string of the molecule is C[C@@H]1CCCC[C@H]1NC(=O)c1ccc2ccccc2n1. The zero-order valence-corrected chi connectivity index (χ0v) is 11.8. The lowest BCUT2D eigenvalue weighted by atomic mass is 9.86. The predicted molar refractivity (Wildman–Crippen MR) is 80.6 cm³/mol. The number of benzene rings is 1. The van der Waals surface area contributed by atoms with E-state index in [1.54, 1.807) is 0 Å². The fraction of sp³-hybridized carbons (Fsp3) is 0.412. The van der Waals surface area contributed by atoms with Crippen LogP contribution in [0.5, 0.6) is 0 Å². The minimum atomic E-state index is -0.0468. The van der Waals surface area contributed by atoms with Crippen molar-refractivity contribution in [3.8, 4) is 0 Å². The Morgan fingerprint density at radius 2 is 1.95 bits per heavy atom. The average molecular weight is 268 g/mol. The van der Waals surface area contributed by atoms with Gasteiger partial charge >= 0.3 is 0 Å². The van der Waals surface area contributed by atoms with Crippen LogP contribution in [-0.4, -0.2) is 16.9 Å². The van der Waals surface area contributed by atoms with E-state index in [-0.39, 0.29) is 5.91 Å². The molecule has 0 unspecified atom stereocenters. The first-order chi connectivity index (χ1) is 9.74. The number of para-hydroxylation sites is 1. The molecule has 2 aromatic rings. The number of rotatable bonds is 2. The van der Waals surface area contributed by atoms with E-state index in [0.29, 0.717) is 17.7 Å². The van der Waals surface area contributed by atoms with Gasteiger partial charge in [0.2, 0.25) is 0 Å². The minimum absolute atomic E-state index is 0.0468. The molecule has 104 valence electrons. The van der Waals surface area contributed by atoms with E-state index in [9.17, 15) is 4.79 Å². The van der Waals surface area contributed by atoms with Crippen molar-refractivity contribution in [2.45, 2.75) is 38.6 Å². The van der Waals surface area contributed by atoms with Gasteiger partial charge < -0.3 is 5.32 Å². The van der Waals surface area contributed by atoms with Crippen LogP contribution in [0, 0.1) is 5.92 Å². The van der Waals surface area contributed by atoms with Gasteiger partial charge in [-0.1, -0.05) is 44.0 Å². The van der Waals surface area contributed by atoms with E-state index < -0.39 is 0 Å². The minimum Gasteiger partial charge on any atom is -0.348 e. The zero-order valence-electron chi connectivity index (χ0n) is 11.8. The van der Waals surface area contributed by atoms with E-state index >= 15 is 0 Å².